The lowest BCUT2D eigenvalue weighted by Crippen LogP contribution is -2.31. The molecule has 3 heteroatoms. The summed E-state index contributed by atoms with van der Waals surface area (Å²) in [5.41, 5.74) is 2.91. The molecule has 0 N–H and O–H groups in total. The van der Waals surface area contributed by atoms with Gasteiger partial charge in [-0.15, -0.1) is 0 Å². The molecule has 2 aromatic rings. The average Bonchev–Trinajstić information content (AvgIpc) is 2.97. The number of benzene rings is 2. The third kappa shape index (κ3) is 2.45. The van der Waals surface area contributed by atoms with Gasteiger partial charge < -0.3 is 9.64 Å². The largest absolute Gasteiger partial charge is 0.352 e. The van der Waals surface area contributed by atoms with Crippen LogP contribution < -0.4 is 0 Å². The van der Waals surface area contributed by atoms with Crippen LogP contribution in [0.3, 0.4) is 0 Å². The molecule has 0 aliphatic carbocycles. The number of hydrogen-bond acceptors (Lipinski definition) is 2. The Labute approximate surface area is 118 Å². The van der Waals surface area contributed by atoms with Crippen LogP contribution in [0, 0.1) is 6.92 Å². The van der Waals surface area contributed by atoms with E-state index < -0.39 is 0 Å². The SMILES string of the molecule is Cc1cccc([C@H]2OCCN2C(=O)c2ccccc2)c1. The summed E-state index contributed by atoms with van der Waals surface area (Å²) in [6.45, 7) is 3.26. The maximum absolute atomic E-state index is 12.6. The number of amides is 1. The minimum Gasteiger partial charge on any atom is -0.352 e. The number of hydrogen-bond donors (Lipinski definition) is 0. The van der Waals surface area contributed by atoms with E-state index in [0.717, 1.165) is 5.56 Å². The fourth-order valence-corrected chi connectivity index (χ4v) is 2.52. The Morgan fingerprint density at radius 3 is 2.70 bits per heavy atom. The summed E-state index contributed by atoms with van der Waals surface area (Å²) >= 11 is 0. The van der Waals surface area contributed by atoms with Gasteiger partial charge in [-0.25, -0.2) is 0 Å². The zero-order valence-corrected chi connectivity index (χ0v) is 11.5. The first-order chi connectivity index (χ1) is 9.75. The van der Waals surface area contributed by atoms with Crippen molar-refractivity contribution in [3.8, 4) is 0 Å². The molecule has 1 heterocycles. The Morgan fingerprint density at radius 1 is 1.15 bits per heavy atom. The second-order valence-electron chi connectivity index (χ2n) is 5.00. The molecular formula is C17H17NO2. The van der Waals surface area contributed by atoms with Crippen molar-refractivity contribution in [1.82, 2.24) is 4.90 Å². The predicted octanol–water partition coefficient (Wildman–Crippen LogP) is 3.17. The minimum absolute atomic E-state index is 0.0228. The number of aryl methyl sites for hydroxylation is 1. The third-order valence-electron chi connectivity index (χ3n) is 3.50. The van der Waals surface area contributed by atoms with E-state index in [1.165, 1.54) is 5.56 Å². The normalized spacial score (nSPS) is 18.2. The molecule has 0 spiro atoms. The molecule has 3 rings (SSSR count). The number of rotatable bonds is 2. The quantitative estimate of drug-likeness (QED) is 0.836. The molecule has 1 aliphatic heterocycles. The first-order valence-corrected chi connectivity index (χ1v) is 6.80. The van der Waals surface area contributed by atoms with E-state index in [0.29, 0.717) is 18.7 Å². The maximum atomic E-state index is 12.6. The molecular weight excluding hydrogens is 250 g/mol. The van der Waals surface area contributed by atoms with E-state index in [1.807, 2.05) is 55.5 Å². The summed E-state index contributed by atoms with van der Waals surface area (Å²) in [5, 5.41) is 0. The van der Waals surface area contributed by atoms with Crippen molar-refractivity contribution in [1.29, 1.82) is 0 Å². The highest BCUT2D eigenvalue weighted by Gasteiger charge is 2.31. The molecule has 0 radical (unpaired) electrons. The molecule has 20 heavy (non-hydrogen) atoms. The lowest BCUT2D eigenvalue weighted by Gasteiger charge is -2.23. The van der Waals surface area contributed by atoms with Gasteiger partial charge in [0.2, 0.25) is 0 Å². The topological polar surface area (TPSA) is 29.5 Å². The molecule has 1 aliphatic rings. The minimum atomic E-state index is -0.275. The van der Waals surface area contributed by atoms with Gasteiger partial charge in [0.05, 0.1) is 6.61 Å². The van der Waals surface area contributed by atoms with Crippen LogP contribution in [0.2, 0.25) is 0 Å². The Balaban J connectivity index is 1.88. The molecule has 2 aromatic carbocycles. The van der Waals surface area contributed by atoms with Crippen LogP contribution in [0.15, 0.2) is 54.6 Å². The predicted molar refractivity (Wildman–Crippen MR) is 77.4 cm³/mol. The van der Waals surface area contributed by atoms with Crippen molar-refractivity contribution in [2.45, 2.75) is 13.2 Å². The number of carbonyl (C=O) groups is 1. The summed E-state index contributed by atoms with van der Waals surface area (Å²) in [6, 6.07) is 17.5. The molecule has 0 saturated carbocycles. The fraction of sp³-hybridized carbons (Fsp3) is 0.235. The third-order valence-corrected chi connectivity index (χ3v) is 3.50. The maximum Gasteiger partial charge on any atom is 0.256 e. The van der Waals surface area contributed by atoms with Crippen molar-refractivity contribution < 1.29 is 9.53 Å². The molecule has 1 amide bonds. The zero-order chi connectivity index (χ0) is 13.9. The van der Waals surface area contributed by atoms with Crippen LogP contribution in [0.1, 0.15) is 27.7 Å². The Kier molecular flexibility index (Phi) is 3.52. The Hall–Kier alpha value is -2.13. The van der Waals surface area contributed by atoms with E-state index >= 15 is 0 Å². The van der Waals surface area contributed by atoms with Gasteiger partial charge in [-0.2, -0.15) is 0 Å². The van der Waals surface area contributed by atoms with Crippen molar-refractivity contribution in [3.63, 3.8) is 0 Å². The molecule has 3 nitrogen and oxygen atoms in total. The van der Waals surface area contributed by atoms with Gasteiger partial charge in [0, 0.05) is 17.7 Å². The molecule has 1 saturated heterocycles. The summed E-state index contributed by atoms with van der Waals surface area (Å²) in [5.74, 6) is 0.0228. The van der Waals surface area contributed by atoms with E-state index in [9.17, 15) is 4.79 Å². The molecule has 1 atom stereocenters. The van der Waals surface area contributed by atoms with Crippen LogP contribution in [0.5, 0.6) is 0 Å². The van der Waals surface area contributed by atoms with Crippen LogP contribution >= 0.6 is 0 Å². The highest BCUT2D eigenvalue weighted by molar-refractivity contribution is 5.94. The smallest absolute Gasteiger partial charge is 0.256 e. The summed E-state index contributed by atoms with van der Waals surface area (Å²) in [6.07, 6.45) is -0.275. The second kappa shape index (κ2) is 5.47. The van der Waals surface area contributed by atoms with Gasteiger partial charge in [0.15, 0.2) is 6.23 Å². The average molecular weight is 267 g/mol. The lowest BCUT2D eigenvalue weighted by molar-refractivity contribution is 0.0272. The summed E-state index contributed by atoms with van der Waals surface area (Å²) in [4.78, 5) is 14.4. The monoisotopic (exact) mass is 267 g/mol. The van der Waals surface area contributed by atoms with Gasteiger partial charge in [-0.3, -0.25) is 4.79 Å². The van der Waals surface area contributed by atoms with Gasteiger partial charge in [0.25, 0.3) is 5.91 Å². The highest BCUT2D eigenvalue weighted by atomic mass is 16.5. The number of ether oxygens (including phenoxy) is 1. The van der Waals surface area contributed by atoms with Gasteiger partial charge in [-0.05, 0) is 19.1 Å². The summed E-state index contributed by atoms with van der Waals surface area (Å²) < 4.78 is 5.75. The first-order valence-electron chi connectivity index (χ1n) is 6.80. The van der Waals surface area contributed by atoms with E-state index in [4.69, 9.17) is 4.74 Å². The molecule has 102 valence electrons. The molecule has 0 aromatic heterocycles. The zero-order valence-electron chi connectivity index (χ0n) is 11.5. The van der Waals surface area contributed by atoms with Crippen LogP contribution in [-0.4, -0.2) is 24.0 Å². The van der Waals surface area contributed by atoms with Crippen LogP contribution in [0.25, 0.3) is 0 Å². The first kappa shape index (κ1) is 12.9. The number of carbonyl (C=O) groups excluding carboxylic acids is 1. The lowest BCUT2D eigenvalue weighted by atomic mass is 10.1. The molecule has 0 unspecified atom stereocenters. The van der Waals surface area contributed by atoms with E-state index in [-0.39, 0.29) is 12.1 Å². The van der Waals surface area contributed by atoms with Crippen molar-refractivity contribution in [2.75, 3.05) is 13.2 Å². The highest BCUT2D eigenvalue weighted by Crippen LogP contribution is 2.28. The second-order valence-corrected chi connectivity index (χ2v) is 5.00. The molecule has 1 fully saturated rings. The van der Waals surface area contributed by atoms with Gasteiger partial charge >= 0.3 is 0 Å². The van der Waals surface area contributed by atoms with Gasteiger partial charge in [-0.1, -0.05) is 48.0 Å². The summed E-state index contributed by atoms with van der Waals surface area (Å²) in [7, 11) is 0. The van der Waals surface area contributed by atoms with E-state index in [2.05, 4.69) is 6.07 Å². The Bertz CT molecular complexity index is 609. The van der Waals surface area contributed by atoms with E-state index in [1.54, 1.807) is 4.90 Å². The van der Waals surface area contributed by atoms with Crippen LogP contribution in [0.4, 0.5) is 0 Å². The van der Waals surface area contributed by atoms with Crippen LogP contribution in [-0.2, 0) is 4.74 Å². The van der Waals surface area contributed by atoms with Gasteiger partial charge in [0.1, 0.15) is 0 Å². The molecule has 0 bridgehead atoms. The Morgan fingerprint density at radius 2 is 1.95 bits per heavy atom. The standard InChI is InChI=1S/C17H17NO2/c1-13-6-5-9-15(12-13)17-18(10-11-20-17)16(19)14-7-3-2-4-8-14/h2-9,12,17H,10-11H2,1H3/t17-/m1/s1. The fourth-order valence-electron chi connectivity index (χ4n) is 2.52. The number of nitrogens with zero attached hydrogens (tertiary/aromatic N) is 1. The van der Waals surface area contributed by atoms with Crippen molar-refractivity contribution in [2.24, 2.45) is 0 Å². The van der Waals surface area contributed by atoms with Crippen molar-refractivity contribution >= 4 is 5.91 Å². The van der Waals surface area contributed by atoms with Crippen molar-refractivity contribution in [3.05, 3.63) is 71.3 Å².